The molecule has 7 nitrogen and oxygen atoms in total. The largest absolute Gasteiger partial charge is 0.392 e. The summed E-state index contributed by atoms with van der Waals surface area (Å²) in [5.74, 6) is 0.945. The Hall–Kier alpha value is -1.73. The van der Waals surface area contributed by atoms with Gasteiger partial charge in [0.15, 0.2) is 0 Å². The van der Waals surface area contributed by atoms with Crippen molar-refractivity contribution in [2.45, 2.75) is 25.4 Å². The highest BCUT2D eigenvalue weighted by Crippen LogP contribution is 2.12. The van der Waals surface area contributed by atoms with Gasteiger partial charge >= 0.3 is 0 Å². The van der Waals surface area contributed by atoms with Crippen molar-refractivity contribution in [3.63, 3.8) is 0 Å². The molecule has 0 saturated carbocycles. The fourth-order valence-electron chi connectivity index (χ4n) is 3.26. The lowest BCUT2D eigenvalue weighted by Crippen LogP contribution is -2.50. The zero-order chi connectivity index (χ0) is 16.1. The Labute approximate surface area is 136 Å². The number of anilines is 1. The Kier molecular flexibility index (Phi) is 5.40. The quantitative estimate of drug-likeness (QED) is 0.840. The minimum absolute atomic E-state index is 0.207. The molecule has 2 aliphatic rings. The molecule has 1 amide bonds. The lowest BCUT2D eigenvalue weighted by molar-refractivity contribution is -0.132. The number of carbonyl (C=O) groups excluding carboxylic acids is 1. The van der Waals surface area contributed by atoms with Crippen molar-refractivity contribution < 1.29 is 9.90 Å². The van der Waals surface area contributed by atoms with E-state index in [4.69, 9.17) is 0 Å². The Morgan fingerprint density at radius 2 is 1.91 bits per heavy atom. The van der Waals surface area contributed by atoms with E-state index in [1.807, 2.05) is 4.90 Å². The number of aliphatic hydroxyl groups excluding tert-OH is 1. The molecule has 1 unspecified atom stereocenters. The molecule has 0 aliphatic carbocycles. The van der Waals surface area contributed by atoms with Crippen LogP contribution in [0.2, 0.25) is 0 Å². The molecule has 2 fully saturated rings. The molecule has 3 heterocycles. The zero-order valence-electron chi connectivity index (χ0n) is 13.5. The lowest BCUT2D eigenvalue weighted by atomic mass is 10.1. The normalized spacial score (nSPS) is 23.1. The number of nitrogens with zero attached hydrogens (tertiary/aromatic N) is 5. The third-order valence-electron chi connectivity index (χ3n) is 4.59. The molecule has 3 rings (SSSR count). The van der Waals surface area contributed by atoms with Gasteiger partial charge in [-0.25, -0.2) is 9.97 Å². The first kappa shape index (κ1) is 16.1. The van der Waals surface area contributed by atoms with E-state index in [-0.39, 0.29) is 12.0 Å². The number of rotatable bonds is 4. The van der Waals surface area contributed by atoms with Crippen molar-refractivity contribution in [2.24, 2.45) is 0 Å². The standard InChI is InChI=1S/C16H25N5O2/c22-14-3-1-7-19(13-14)8-4-15(23)20-9-11-21(12-10-20)16-17-5-2-6-18-16/h2,5-6,14,22H,1,3-4,7-13H2. The van der Waals surface area contributed by atoms with Crippen molar-refractivity contribution in [3.8, 4) is 0 Å². The SMILES string of the molecule is O=C(CCN1CCCC(O)C1)N1CCN(c2ncccn2)CC1. The van der Waals surface area contributed by atoms with Crippen LogP contribution in [0, 0.1) is 0 Å². The number of hydrogen-bond acceptors (Lipinski definition) is 6. The fourth-order valence-corrected chi connectivity index (χ4v) is 3.26. The second-order valence-electron chi connectivity index (χ2n) is 6.26. The Balaban J connectivity index is 1.41. The van der Waals surface area contributed by atoms with Crippen molar-refractivity contribution in [2.75, 3.05) is 50.7 Å². The number of aromatic nitrogens is 2. The zero-order valence-corrected chi connectivity index (χ0v) is 13.5. The third-order valence-corrected chi connectivity index (χ3v) is 4.59. The highest BCUT2D eigenvalue weighted by molar-refractivity contribution is 5.76. The van der Waals surface area contributed by atoms with Crippen molar-refractivity contribution in [1.29, 1.82) is 0 Å². The minimum atomic E-state index is -0.228. The van der Waals surface area contributed by atoms with Crippen LogP contribution in [-0.4, -0.2) is 82.7 Å². The number of hydrogen-bond donors (Lipinski definition) is 1. The van der Waals surface area contributed by atoms with Crippen LogP contribution >= 0.6 is 0 Å². The molecule has 1 N–H and O–H groups in total. The summed E-state index contributed by atoms with van der Waals surface area (Å²) in [7, 11) is 0. The summed E-state index contributed by atoms with van der Waals surface area (Å²) in [6.07, 6.45) is 5.70. The van der Waals surface area contributed by atoms with E-state index in [2.05, 4.69) is 19.8 Å². The predicted molar refractivity (Wildman–Crippen MR) is 87.1 cm³/mol. The molecule has 0 radical (unpaired) electrons. The summed E-state index contributed by atoms with van der Waals surface area (Å²) in [5, 5.41) is 9.68. The van der Waals surface area contributed by atoms with Crippen LogP contribution in [0.25, 0.3) is 0 Å². The van der Waals surface area contributed by atoms with E-state index in [9.17, 15) is 9.90 Å². The van der Waals surface area contributed by atoms with E-state index < -0.39 is 0 Å². The van der Waals surface area contributed by atoms with Gasteiger partial charge in [0.05, 0.1) is 6.10 Å². The number of aliphatic hydroxyl groups is 1. The summed E-state index contributed by atoms with van der Waals surface area (Å²) in [6, 6.07) is 1.81. The topological polar surface area (TPSA) is 72.8 Å². The van der Waals surface area contributed by atoms with Crippen LogP contribution in [0.4, 0.5) is 5.95 Å². The smallest absolute Gasteiger partial charge is 0.225 e. The van der Waals surface area contributed by atoms with Crippen molar-refractivity contribution in [3.05, 3.63) is 18.5 Å². The number of piperidine rings is 1. The molecule has 2 saturated heterocycles. The summed E-state index contributed by atoms with van der Waals surface area (Å²) >= 11 is 0. The van der Waals surface area contributed by atoms with Crippen LogP contribution in [-0.2, 0) is 4.79 Å². The fraction of sp³-hybridized carbons (Fsp3) is 0.688. The minimum Gasteiger partial charge on any atom is -0.392 e. The highest BCUT2D eigenvalue weighted by atomic mass is 16.3. The molecule has 1 aromatic rings. The molecular weight excluding hydrogens is 294 g/mol. The van der Waals surface area contributed by atoms with E-state index in [0.29, 0.717) is 13.0 Å². The number of amides is 1. The van der Waals surface area contributed by atoms with Gasteiger partial charge in [0.25, 0.3) is 0 Å². The number of carbonyl (C=O) groups is 1. The molecule has 7 heteroatoms. The van der Waals surface area contributed by atoms with Gasteiger partial charge in [0, 0.05) is 58.1 Å². The van der Waals surface area contributed by atoms with Crippen LogP contribution in [0.3, 0.4) is 0 Å². The molecule has 2 aliphatic heterocycles. The first-order valence-corrected chi connectivity index (χ1v) is 8.42. The predicted octanol–water partition coefficient (Wildman–Crippen LogP) is -0.0280. The summed E-state index contributed by atoms with van der Waals surface area (Å²) in [5.41, 5.74) is 0. The van der Waals surface area contributed by atoms with E-state index in [1.54, 1.807) is 18.5 Å². The van der Waals surface area contributed by atoms with Gasteiger partial charge in [-0.15, -0.1) is 0 Å². The van der Waals surface area contributed by atoms with Crippen molar-refractivity contribution >= 4 is 11.9 Å². The van der Waals surface area contributed by atoms with Crippen LogP contribution < -0.4 is 4.90 Å². The second kappa shape index (κ2) is 7.70. The Morgan fingerprint density at radius 1 is 1.17 bits per heavy atom. The Bertz CT molecular complexity index is 504. The summed E-state index contributed by atoms with van der Waals surface area (Å²) < 4.78 is 0. The molecular formula is C16H25N5O2. The maximum absolute atomic E-state index is 12.4. The molecule has 0 aromatic carbocycles. The monoisotopic (exact) mass is 319 g/mol. The van der Waals surface area contributed by atoms with Gasteiger partial charge in [-0.1, -0.05) is 0 Å². The molecule has 0 spiro atoms. The van der Waals surface area contributed by atoms with Crippen LogP contribution in [0.15, 0.2) is 18.5 Å². The molecule has 1 atom stereocenters. The van der Waals surface area contributed by atoms with Gasteiger partial charge < -0.3 is 19.8 Å². The Morgan fingerprint density at radius 3 is 2.61 bits per heavy atom. The van der Waals surface area contributed by atoms with E-state index >= 15 is 0 Å². The van der Waals surface area contributed by atoms with Gasteiger partial charge in [0.1, 0.15) is 0 Å². The summed E-state index contributed by atoms with van der Waals surface area (Å²) in [4.78, 5) is 27.1. The first-order valence-electron chi connectivity index (χ1n) is 8.42. The number of β-amino-alcohol motifs (C(OH)–C–C–N with tert-alkyl or cyclic N) is 1. The molecule has 0 bridgehead atoms. The average Bonchev–Trinajstić information content (AvgIpc) is 2.61. The van der Waals surface area contributed by atoms with Gasteiger partial charge in [-0.2, -0.15) is 0 Å². The second-order valence-corrected chi connectivity index (χ2v) is 6.26. The molecule has 126 valence electrons. The van der Waals surface area contributed by atoms with Crippen molar-refractivity contribution in [1.82, 2.24) is 19.8 Å². The average molecular weight is 319 g/mol. The third kappa shape index (κ3) is 4.39. The van der Waals surface area contributed by atoms with E-state index in [0.717, 1.165) is 58.1 Å². The molecule has 23 heavy (non-hydrogen) atoms. The highest BCUT2D eigenvalue weighted by Gasteiger charge is 2.23. The summed E-state index contributed by atoms with van der Waals surface area (Å²) in [6.45, 7) is 5.43. The molecule has 1 aromatic heterocycles. The van der Waals surface area contributed by atoms with Crippen LogP contribution in [0.5, 0.6) is 0 Å². The lowest BCUT2D eigenvalue weighted by Gasteiger charge is -2.35. The van der Waals surface area contributed by atoms with Gasteiger partial charge in [0.2, 0.25) is 11.9 Å². The maximum atomic E-state index is 12.4. The maximum Gasteiger partial charge on any atom is 0.225 e. The van der Waals surface area contributed by atoms with E-state index in [1.165, 1.54) is 0 Å². The number of piperazine rings is 1. The van der Waals surface area contributed by atoms with Gasteiger partial charge in [-0.05, 0) is 25.5 Å². The van der Waals surface area contributed by atoms with Crippen LogP contribution in [0.1, 0.15) is 19.3 Å². The first-order chi connectivity index (χ1) is 11.2. The number of likely N-dealkylation sites (tertiary alicyclic amines) is 1. The van der Waals surface area contributed by atoms with Gasteiger partial charge in [-0.3, -0.25) is 4.79 Å².